The number of ether oxygens (including phenoxy) is 2. The number of carboxylic acids is 1. The molecule has 1 aliphatic heterocycles. The van der Waals surface area contributed by atoms with Crippen molar-refractivity contribution >= 4 is 15.8 Å². The molecule has 0 atom stereocenters. The normalized spacial score (nSPS) is 15.0. The molecule has 6 nitrogen and oxygen atoms in total. The van der Waals surface area contributed by atoms with Crippen molar-refractivity contribution in [3.05, 3.63) is 42.5 Å². The van der Waals surface area contributed by atoms with Gasteiger partial charge in [-0.25, -0.2) is 8.42 Å². The van der Waals surface area contributed by atoms with Gasteiger partial charge < -0.3 is 19.4 Å². The van der Waals surface area contributed by atoms with Gasteiger partial charge in [0.05, 0.1) is 0 Å². The summed E-state index contributed by atoms with van der Waals surface area (Å²) in [6, 6.07) is 8.60. The number of carbonyl (C=O) groups is 1. The van der Waals surface area contributed by atoms with Crippen LogP contribution in [0.4, 0.5) is 8.78 Å². The number of halogens is 2. The summed E-state index contributed by atoms with van der Waals surface area (Å²) in [5.41, 5.74) is 0. The molecule has 0 spiro atoms. The fraction of sp³-hybridized carbons (Fsp3) is 0.0714. The SMILES string of the molecule is O=C([O-])C(F)(F)Oc1ccc2c(c1)Oc1ccccc1S2(=O)=O. The van der Waals surface area contributed by atoms with Crippen molar-refractivity contribution < 1.29 is 36.6 Å². The fourth-order valence-electron chi connectivity index (χ4n) is 2.04. The van der Waals surface area contributed by atoms with Gasteiger partial charge in [-0.15, -0.1) is 0 Å². The number of sulfone groups is 1. The summed E-state index contributed by atoms with van der Waals surface area (Å²) in [6.45, 7) is 0. The van der Waals surface area contributed by atoms with E-state index in [1.165, 1.54) is 18.2 Å². The van der Waals surface area contributed by atoms with Gasteiger partial charge in [0, 0.05) is 6.07 Å². The molecule has 1 aliphatic rings. The third-order valence-electron chi connectivity index (χ3n) is 3.05. The fourth-order valence-corrected chi connectivity index (χ4v) is 3.52. The van der Waals surface area contributed by atoms with E-state index >= 15 is 0 Å². The third-order valence-corrected chi connectivity index (χ3v) is 4.88. The lowest BCUT2D eigenvalue weighted by Crippen LogP contribution is -2.45. The number of para-hydroxylation sites is 1. The first-order valence-electron chi connectivity index (χ1n) is 6.16. The van der Waals surface area contributed by atoms with E-state index in [0.29, 0.717) is 0 Å². The predicted molar refractivity (Wildman–Crippen MR) is 69.0 cm³/mol. The summed E-state index contributed by atoms with van der Waals surface area (Å²) in [5, 5.41) is 10.3. The molecule has 0 saturated carbocycles. The van der Waals surface area contributed by atoms with Gasteiger partial charge in [-0.1, -0.05) is 12.1 Å². The van der Waals surface area contributed by atoms with Gasteiger partial charge in [0.2, 0.25) is 9.84 Å². The van der Waals surface area contributed by atoms with Crippen LogP contribution in [0.2, 0.25) is 0 Å². The van der Waals surface area contributed by atoms with Crippen LogP contribution in [0.1, 0.15) is 0 Å². The average molecular weight is 341 g/mol. The molecule has 0 aliphatic carbocycles. The summed E-state index contributed by atoms with van der Waals surface area (Å²) < 4.78 is 60.3. The second-order valence-electron chi connectivity index (χ2n) is 4.57. The van der Waals surface area contributed by atoms with Gasteiger partial charge in [-0.2, -0.15) is 8.78 Å². The van der Waals surface area contributed by atoms with Crippen molar-refractivity contribution in [2.75, 3.05) is 0 Å². The molecule has 23 heavy (non-hydrogen) atoms. The number of carbonyl (C=O) groups excluding carboxylic acids is 1. The number of hydrogen-bond donors (Lipinski definition) is 0. The number of carboxylic acid groups (broad SMARTS) is 1. The summed E-state index contributed by atoms with van der Waals surface area (Å²) in [7, 11) is -3.87. The van der Waals surface area contributed by atoms with Crippen molar-refractivity contribution in [3.8, 4) is 17.2 Å². The maximum absolute atomic E-state index is 13.0. The molecule has 0 fully saturated rings. The minimum atomic E-state index is -4.56. The molecule has 2 aromatic carbocycles. The van der Waals surface area contributed by atoms with Crippen LogP contribution in [-0.4, -0.2) is 20.5 Å². The Morgan fingerprint density at radius 3 is 2.43 bits per heavy atom. The molecule has 0 bridgehead atoms. The van der Waals surface area contributed by atoms with Gasteiger partial charge in [0.15, 0.2) is 5.97 Å². The smallest absolute Gasteiger partial charge is 0.441 e. The molecule has 0 aromatic heterocycles. The van der Waals surface area contributed by atoms with E-state index in [1.54, 1.807) is 6.07 Å². The van der Waals surface area contributed by atoms with Crippen LogP contribution in [0.25, 0.3) is 0 Å². The monoisotopic (exact) mass is 341 g/mol. The van der Waals surface area contributed by atoms with Crippen LogP contribution >= 0.6 is 0 Å². The molecule has 0 saturated heterocycles. The summed E-state index contributed by atoms with van der Waals surface area (Å²) in [4.78, 5) is 9.98. The maximum Gasteiger partial charge on any atom is 0.441 e. The predicted octanol–water partition coefficient (Wildman–Crippen LogP) is 1.35. The Bertz CT molecular complexity index is 907. The first kappa shape index (κ1) is 15.2. The molecular formula is C14H7F2O6S-. The molecule has 1 heterocycles. The van der Waals surface area contributed by atoms with Crippen LogP contribution < -0.4 is 14.6 Å². The highest BCUT2D eigenvalue weighted by Gasteiger charge is 2.36. The lowest BCUT2D eigenvalue weighted by atomic mass is 10.3. The van der Waals surface area contributed by atoms with Gasteiger partial charge in [-0.05, 0) is 24.3 Å². The van der Waals surface area contributed by atoms with Crippen LogP contribution in [0, 0.1) is 0 Å². The van der Waals surface area contributed by atoms with E-state index in [4.69, 9.17) is 4.74 Å². The number of alkyl halides is 2. The minimum Gasteiger partial charge on any atom is -0.541 e. The van der Waals surface area contributed by atoms with Crippen LogP contribution in [0.15, 0.2) is 52.3 Å². The second-order valence-corrected chi connectivity index (χ2v) is 6.45. The minimum absolute atomic E-state index is 0.0313. The third kappa shape index (κ3) is 2.48. The van der Waals surface area contributed by atoms with Crippen molar-refractivity contribution in [1.29, 1.82) is 0 Å². The van der Waals surface area contributed by atoms with Gasteiger partial charge in [-0.3, -0.25) is 0 Å². The highest BCUT2D eigenvalue weighted by Crippen LogP contribution is 2.44. The number of hydrogen-bond acceptors (Lipinski definition) is 6. The highest BCUT2D eigenvalue weighted by atomic mass is 32.2. The Kier molecular flexibility index (Phi) is 3.25. The van der Waals surface area contributed by atoms with E-state index < -0.39 is 27.7 Å². The summed E-state index contributed by atoms with van der Waals surface area (Å²) in [5.74, 6) is -3.50. The molecule has 2 aromatic rings. The number of aliphatic carboxylic acids is 1. The lowest BCUT2D eigenvalue weighted by molar-refractivity contribution is -0.350. The molecule has 0 amide bonds. The lowest BCUT2D eigenvalue weighted by Gasteiger charge is -2.22. The standard InChI is InChI=1S/C14H8F2O6S/c15-14(16,13(17)18)22-8-5-6-12-10(7-8)21-9-3-1-2-4-11(9)23(12,19)20/h1-7H,(H,17,18)/p-1. The number of rotatable bonds is 3. The Morgan fingerprint density at radius 1 is 1.09 bits per heavy atom. The second kappa shape index (κ2) is 4.92. The van der Waals surface area contributed by atoms with E-state index in [0.717, 1.165) is 18.2 Å². The number of benzene rings is 2. The van der Waals surface area contributed by atoms with Crippen LogP contribution in [0.5, 0.6) is 17.2 Å². The zero-order valence-electron chi connectivity index (χ0n) is 11.2. The Balaban J connectivity index is 2.05. The van der Waals surface area contributed by atoms with Crippen molar-refractivity contribution in [3.63, 3.8) is 0 Å². The zero-order chi connectivity index (χ0) is 16.8. The first-order chi connectivity index (χ1) is 10.7. The average Bonchev–Trinajstić information content (AvgIpc) is 2.46. The molecule has 0 unspecified atom stereocenters. The van der Waals surface area contributed by atoms with E-state index in [1.807, 2.05) is 0 Å². The summed E-state index contributed by atoms with van der Waals surface area (Å²) >= 11 is 0. The van der Waals surface area contributed by atoms with Gasteiger partial charge >= 0.3 is 6.11 Å². The topological polar surface area (TPSA) is 92.7 Å². The quantitative estimate of drug-likeness (QED) is 0.714. The molecule has 0 radical (unpaired) electrons. The maximum atomic E-state index is 13.0. The van der Waals surface area contributed by atoms with Crippen molar-refractivity contribution in [1.82, 2.24) is 0 Å². The highest BCUT2D eigenvalue weighted by molar-refractivity contribution is 7.91. The van der Waals surface area contributed by atoms with Crippen molar-refractivity contribution in [2.45, 2.75) is 15.9 Å². The largest absolute Gasteiger partial charge is 0.541 e. The molecule has 9 heteroatoms. The van der Waals surface area contributed by atoms with Gasteiger partial charge in [0.1, 0.15) is 27.0 Å². The van der Waals surface area contributed by atoms with E-state index in [-0.39, 0.29) is 21.3 Å². The van der Waals surface area contributed by atoms with Crippen LogP contribution in [0.3, 0.4) is 0 Å². The Hall–Kier alpha value is -2.68. The first-order valence-corrected chi connectivity index (χ1v) is 7.64. The molecule has 120 valence electrons. The van der Waals surface area contributed by atoms with E-state index in [9.17, 15) is 27.1 Å². The molecule has 3 rings (SSSR count). The molecule has 0 N–H and O–H groups in total. The number of fused-ring (bicyclic) bond motifs is 2. The van der Waals surface area contributed by atoms with Crippen molar-refractivity contribution in [2.24, 2.45) is 0 Å². The zero-order valence-corrected chi connectivity index (χ0v) is 12.0. The Labute approximate surface area is 128 Å². The Morgan fingerprint density at radius 2 is 1.74 bits per heavy atom. The van der Waals surface area contributed by atoms with Crippen LogP contribution in [-0.2, 0) is 14.6 Å². The van der Waals surface area contributed by atoms with Gasteiger partial charge in [0.25, 0.3) is 0 Å². The molecular weight excluding hydrogens is 334 g/mol. The summed E-state index contributed by atoms with van der Waals surface area (Å²) in [6.07, 6.45) is -4.56. The van der Waals surface area contributed by atoms with E-state index in [2.05, 4.69) is 4.74 Å².